The third-order valence-corrected chi connectivity index (χ3v) is 13.7. The fraction of sp³-hybridized carbons (Fsp3) is 0.241. The molecule has 3 aromatic carbocycles. The number of benzene rings is 3. The van der Waals surface area contributed by atoms with Crippen LogP contribution in [-0.4, -0.2) is 23.1 Å². The number of imide groups is 1. The minimum absolute atomic E-state index is 0.0103. The molecule has 3 unspecified atom stereocenters. The van der Waals surface area contributed by atoms with Crippen LogP contribution in [0.25, 0.3) is 0 Å². The minimum Gasteiger partial charge on any atom is -0.273 e. The smallest absolute Gasteiger partial charge is 0.242 e. The first-order chi connectivity index (χ1) is 16.1. The number of amides is 2. The summed E-state index contributed by atoms with van der Waals surface area (Å²) in [5.74, 6) is -0.542. The van der Waals surface area contributed by atoms with Crippen molar-refractivity contribution in [1.29, 1.82) is 0 Å². The lowest BCUT2D eigenvalue weighted by molar-refractivity contribution is -0.122. The molecule has 3 nitrogen and oxygen atoms in total. The number of fused-ring (bicyclic) bond motifs is 5. The minimum atomic E-state index is -1.92. The number of rotatable bonds is 4. The molecule has 0 saturated carbocycles. The maximum atomic E-state index is 13.9. The van der Waals surface area contributed by atoms with E-state index in [-0.39, 0.29) is 35.0 Å². The highest BCUT2D eigenvalue weighted by Crippen LogP contribution is 2.84. The molecule has 0 spiro atoms. The van der Waals surface area contributed by atoms with Crippen LogP contribution in [0.5, 0.6) is 0 Å². The summed E-state index contributed by atoms with van der Waals surface area (Å²) in [4.78, 5) is 29.3. The van der Waals surface area contributed by atoms with Gasteiger partial charge in [-0.1, -0.05) is 66.7 Å². The summed E-state index contributed by atoms with van der Waals surface area (Å²) in [7, 11) is -1.92. The second-order valence-corrected chi connectivity index (χ2v) is 13.4. The topological polar surface area (TPSA) is 37.4 Å². The summed E-state index contributed by atoms with van der Waals surface area (Å²) < 4.78 is 0. The molecule has 0 N–H and O–H groups in total. The van der Waals surface area contributed by atoms with Gasteiger partial charge in [-0.15, -0.1) is 0 Å². The van der Waals surface area contributed by atoms with E-state index in [2.05, 4.69) is 74.5 Å². The second-order valence-electron chi connectivity index (χ2n) is 9.56. The van der Waals surface area contributed by atoms with Gasteiger partial charge in [0, 0.05) is 0 Å². The van der Waals surface area contributed by atoms with Crippen LogP contribution in [0, 0.1) is 11.8 Å². The molecular weight excluding hydrogens is 425 g/mol. The molecule has 3 aliphatic heterocycles. The molecule has 2 bridgehead atoms. The summed E-state index contributed by atoms with van der Waals surface area (Å²) in [6, 6.07) is 30.8. The molecule has 0 aliphatic carbocycles. The van der Waals surface area contributed by atoms with Crippen LogP contribution in [0.4, 0.5) is 5.69 Å². The highest BCUT2D eigenvalue weighted by atomic mass is 31.2. The Morgan fingerprint density at radius 1 is 0.667 bits per heavy atom. The van der Waals surface area contributed by atoms with Crippen LogP contribution in [0.1, 0.15) is 19.4 Å². The molecule has 0 aromatic heterocycles. The number of para-hydroxylation sites is 1. The summed E-state index contributed by atoms with van der Waals surface area (Å²) >= 11 is 0. The van der Waals surface area contributed by atoms with Gasteiger partial charge in [0.25, 0.3) is 0 Å². The van der Waals surface area contributed by atoms with E-state index in [0.29, 0.717) is 5.69 Å². The molecule has 4 heteroatoms. The fourth-order valence-corrected chi connectivity index (χ4v) is 13.5. The van der Waals surface area contributed by atoms with Crippen molar-refractivity contribution in [3.05, 3.63) is 108 Å². The zero-order valence-corrected chi connectivity index (χ0v) is 19.8. The SMILES string of the molecule is CC1=C(C)C2[C@@H]3C(=O)N(c4ccccc4)C(=O)[C@@H]3C1[P+]2(Cc1ccccc1)c1ccccc1. The van der Waals surface area contributed by atoms with E-state index in [9.17, 15) is 9.59 Å². The molecule has 2 fully saturated rings. The van der Waals surface area contributed by atoms with Gasteiger partial charge in [0.2, 0.25) is 11.8 Å². The summed E-state index contributed by atoms with van der Waals surface area (Å²) in [5, 5.41) is 1.35. The van der Waals surface area contributed by atoms with Gasteiger partial charge in [0.05, 0.1) is 36.3 Å². The predicted molar refractivity (Wildman–Crippen MR) is 135 cm³/mol. The van der Waals surface area contributed by atoms with Gasteiger partial charge in [-0.2, -0.15) is 0 Å². The molecule has 3 aromatic rings. The fourth-order valence-electron chi connectivity index (χ4n) is 6.85. The Bertz CT molecular complexity index is 1230. The van der Waals surface area contributed by atoms with Gasteiger partial charge in [-0.3, -0.25) is 9.59 Å². The normalized spacial score (nSPS) is 30.3. The molecule has 164 valence electrons. The number of carbonyl (C=O) groups excluding carboxylic acids is 2. The van der Waals surface area contributed by atoms with Crippen LogP contribution < -0.4 is 10.2 Å². The van der Waals surface area contributed by atoms with Gasteiger partial charge < -0.3 is 0 Å². The van der Waals surface area contributed by atoms with Gasteiger partial charge in [0.15, 0.2) is 0 Å². The van der Waals surface area contributed by atoms with Gasteiger partial charge >= 0.3 is 0 Å². The molecule has 0 radical (unpaired) electrons. The van der Waals surface area contributed by atoms with Crippen LogP contribution in [0.3, 0.4) is 0 Å². The maximum Gasteiger partial charge on any atom is 0.242 e. The van der Waals surface area contributed by atoms with Crippen molar-refractivity contribution in [2.75, 3.05) is 4.90 Å². The van der Waals surface area contributed by atoms with E-state index < -0.39 is 7.26 Å². The molecular formula is C29H27NO2P+. The number of hydrogen-bond donors (Lipinski definition) is 0. The van der Waals surface area contributed by atoms with Crippen molar-refractivity contribution in [3.63, 3.8) is 0 Å². The van der Waals surface area contributed by atoms with Crippen molar-refractivity contribution in [2.24, 2.45) is 11.8 Å². The molecule has 2 amide bonds. The Balaban J connectivity index is 1.53. The number of allylic oxidation sites excluding steroid dienone is 2. The van der Waals surface area contributed by atoms with Crippen LogP contribution in [-0.2, 0) is 15.8 Å². The van der Waals surface area contributed by atoms with Crippen LogP contribution in [0.2, 0.25) is 0 Å². The summed E-state index contributed by atoms with van der Waals surface area (Å²) in [6.45, 7) is 4.42. The molecule has 33 heavy (non-hydrogen) atoms. The van der Waals surface area contributed by atoms with E-state index in [4.69, 9.17) is 0 Å². The van der Waals surface area contributed by atoms with E-state index >= 15 is 0 Å². The van der Waals surface area contributed by atoms with Crippen LogP contribution >= 0.6 is 7.26 Å². The number of hydrogen-bond acceptors (Lipinski definition) is 2. The largest absolute Gasteiger partial charge is 0.273 e. The second kappa shape index (κ2) is 7.50. The Hall–Kier alpha value is -3.03. The first-order valence-electron chi connectivity index (χ1n) is 11.6. The monoisotopic (exact) mass is 452 g/mol. The lowest BCUT2D eigenvalue weighted by Crippen LogP contribution is -2.37. The molecule has 5 atom stereocenters. The Morgan fingerprint density at radius 2 is 1.12 bits per heavy atom. The average Bonchev–Trinajstić information content (AvgIpc) is 3.37. The Kier molecular flexibility index (Phi) is 4.67. The van der Waals surface area contributed by atoms with E-state index in [1.54, 1.807) is 0 Å². The first kappa shape index (κ1) is 20.6. The highest BCUT2D eigenvalue weighted by molar-refractivity contribution is 7.84. The van der Waals surface area contributed by atoms with E-state index in [1.807, 2.05) is 30.3 Å². The molecule has 6 rings (SSSR count). The predicted octanol–water partition coefficient (Wildman–Crippen LogP) is 5.44. The number of carbonyl (C=O) groups is 2. The number of nitrogens with zero attached hydrogens (tertiary/aromatic N) is 1. The zero-order valence-electron chi connectivity index (χ0n) is 18.9. The van der Waals surface area contributed by atoms with Crippen molar-refractivity contribution in [1.82, 2.24) is 0 Å². The first-order valence-corrected chi connectivity index (χ1v) is 13.7. The van der Waals surface area contributed by atoms with Crippen molar-refractivity contribution < 1.29 is 9.59 Å². The van der Waals surface area contributed by atoms with Crippen LogP contribution in [0.15, 0.2) is 102 Å². The molecule has 3 heterocycles. The van der Waals surface area contributed by atoms with Crippen molar-refractivity contribution in [2.45, 2.75) is 31.3 Å². The van der Waals surface area contributed by atoms with Gasteiger partial charge in [-0.25, -0.2) is 4.90 Å². The Morgan fingerprint density at radius 3 is 1.64 bits per heavy atom. The van der Waals surface area contributed by atoms with Crippen molar-refractivity contribution in [3.8, 4) is 0 Å². The van der Waals surface area contributed by atoms with E-state index in [1.165, 1.54) is 26.9 Å². The lowest BCUT2D eigenvalue weighted by Gasteiger charge is -2.32. The molecule has 2 saturated heterocycles. The highest BCUT2D eigenvalue weighted by Gasteiger charge is 2.78. The van der Waals surface area contributed by atoms with E-state index in [0.717, 1.165) is 6.16 Å². The third kappa shape index (κ3) is 2.72. The zero-order chi connectivity index (χ0) is 22.7. The molecule has 3 aliphatic rings. The quantitative estimate of drug-likeness (QED) is 0.301. The Labute approximate surface area is 195 Å². The summed E-state index contributed by atoms with van der Waals surface area (Å²) in [5.41, 5.74) is 4.92. The summed E-state index contributed by atoms with van der Waals surface area (Å²) in [6.07, 6.45) is 0.931. The standard InChI is InChI=1S/C29H27NO2P/c1-19-20(2)27-25-24(28(31)30(29(25)32)22-14-8-4-9-15-22)26(19)33(27,23-16-10-5-11-17-23)18-21-12-6-3-7-13-21/h3-17,24-27H,18H2,1-2H3/q+1/t24-,25+,26?,27?,33?. The lowest BCUT2D eigenvalue weighted by atomic mass is 9.78. The average molecular weight is 453 g/mol. The van der Waals surface area contributed by atoms with Crippen molar-refractivity contribution >= 4 is 30.1 Å². The number of anilines is 1. The van der Waals surface area contributed by atoms with Gasteiger partial charge in [0.1, 0.15) is 11.3 Å². The third-order valence-electron chi connectivity index (χ3n) is 8.12. The maximum absolute atomic E-state index is 13.9. The van der Waals surface area contributed by atoms with Gasteiger partial charge in [-0.05, 0) is 54.8 Å².